The number of hydrogen-bond donors (Lipinski definition) is 3. The zero-order valence-electron chi connectivity index (χ0n) is 11.6. The molecule has 0 aromatic heterocycles. The summed E-state index contributed by atoms with van der Waals surface area (Å²) in [6.07, 6.45) is -0.332. The first-order valence-electron chi connectivity index (χ1n) is 6.24. The van der Waals surface area contributed by atoms with Crippen LogP contribution in [0.3, 0.4) is 0 Å². The summed E-state index contributed by atoms with van der Waals surface area (Å²) in [6.45, 7) is 3.81. The van der Waals surface area contributed by atoms with Gasteiger partial charge in [-0.15, -0.1) is 0 Å². The molecule has 0 heterocycles. The molecule has 0 amide bonds. The van der Waals surface area contributed by atoms with E-state index < -0.39 is 6.10 Å². The average Bonchev–Trinajstić information content (AvgIpc) is 2.38. The Balaban J connectivity index is 2.66. The molecule has 0 saturated heterocycles. The third-order valence-corrected chi connectivity index (χ3v) is 2.92. The van der Waals surface area contributed by atoms with Crippen LogP contribution in [0.1, 0.15) is 19.4 Å². The number of aliphatic hydroxyl groups excluding tert-OH is 2. The molecular formula is C14H22FNO3. The van der Waals surface area contributed by atoms with Crippen molar-refractivity contribution in [3.8, 4) is 5.75 Å². The first kappa shape index (κ1) is 15.9. The highest BCUT2D eigenvalue weighted by molar-refractivity contribution is 5.29. The van der Waals surface area contributed by atoms with Crippen molar-refractivity contribution in [3.63, 3.8) is 0 Å². The van der Waals surface area contributed by atoms with Crippen molar-refractivity contribution in [2.75, 3.05) is 20.3 Å². The van der Waals surface area contributed by atoms with E-state index in [9.17, 15) is 9.50 Å². The lowest BCUT2D eigenvalue weighted by atomic mass is 9.94. The molecule has 1 rings (SSSR count). The van der Waals surface area contributed by atoms with Crippen LogP contribution in [0.4, 0.5) is 4.39 Å². The second-order valence-corrected chi connectivity index (χ2v) is 5.24. The molecule has 108 valence electrons. The van der Waals surface area contributed by atoms with Gasteiger partial charge in [-0.2, -0.15) is 0 Å². The van der Waals surface area contributed by atoms with E-state index in [0.717, 1.165) is 0 Å². The maximum atomic E-state index is 13.8. The van der Waals surface area contributed by atoms with Crippen LogP contribution in [0.5, 0.6) is 5.75 Å². The van der Waals surface area contributed by atoms with E-state index in [1.54, 1.807) is 12.1 Å². The Morgan fingerprint density at radius 2 is 2.11 bits per heavy atom. The molecule has 0 saturated carbocycles. The number of benzene rings is 1. The van der Waals surface area contributed by atoms with Crippen molar-refractivity contribution in [2.45, 2.75) is 31.9 Å². The molecular weight excluding hydrogens is 249 g/mol. The van der Waals surface area contributed by atoms with Crippen LogP contribution >= 0.6 is 0 Å². The SMILES string of the molecule is COc1ccc(CC(C)(C)NC[C@@H](O)CO)c(F)c1. The van der Waals surface area contributed by atoms with Gasteiger partial charge in [0.15, 0.2) is 0 Å². The zero-order valence-corrected chi connectivity index (χ0v) is 11.6. The van der Waals surface area contributed by atoms with Gasteiger partial charge in [-0.1, -0.05) is 6.07 Å². The standard InChI is InChI=1S/C14H22FNO3/c1-14(2,16-8-11(18)9-17)7-10-4-5-12(19-3)6-13(10)15/h4-6,11,16-18H,7-9H2,1-3H3/t11-/m1/s1. The van der Waals surface area contributed by atoms with Gasteiger partial charge >= 0.3 is 0 Å². The molecule has 0 aliphatic heterocycles. The zero-order chi connectivity index (χ0) is 14.5. The van der Waals surface area contributed by atoms with E-state index >= 15 is 0 Å². The number of methoxy groups -OCH3 is 1. The summed E-state index contributed by atoms with van der Waals surface area (Å²) in [7, 11) is 1.50. The van der Waals surface area contributed by atoms with E-state index in [1.807, 2.05) is 13.8 Å². The molecule has 5 heteroatoms. The Hall–Kier alpha value is -1.17. The largest absolute Gasteiger partial charge is 0.497 e. The number of hydrogen-bond acceptors (Lipinski definition) is 4. The molecule has 0 fully saturated rings. The third kappa shape index (κ3) is 5.14. The van der Waals surface area contributed by atoms with Gasteiger partial charge in [-0.3, -0.25) is 0 Å². The monoisotopic (exact) mass is 271 g/mol. The lowest BCUT2D eigenvalue weighted by Gasteiger charge is -2.28. The summed E-state index contributed by atoms with van der Waals surface area (Å²) in [6, 6.07) is 4.77. The molecule has 0 aliphatic carbocycles. The van der Waals surface area contributed by atoms with Gasteiger partial charge in [0.1, 0.15) is 11.6 Å². The number of aliphatic hydroxyl groups is 2. The first-order valence-corrected chi connectivity index (χ1v) is 6.24. The molecule has 1 aromatic carbocycles. The minimum absolute atomic E-state index is 0.265. The van der Waals surface area contributed by atoms with Crippen LogP contribution in [0, 0.1) is 5.82 Å². The van der Waals surface area contributed by atoms with Crippen molar-refractivity contribution < 1.29 is 19.3 Å². The van der Waals surface area contributed by atoms with Crippen LogP contribution < -0.4 is 10.1 Å². The summed E-state index contributed by atoms with van der Waals surface area (Å²) < 4.78 is 18.8. The Bertz CT molecular complexity index is 410. The smallest absolute Gasteiger partial charge is 0.130 e. The normalized spacial score (nSPS) is 13.4. The Morgan fingerprint density at radius 1 is 1.42 bits per heavy atom. The molecule has 0 spiro atoms. The first-order chi connectivity index (χ1) is 8.88. The predicted molar refractivity (Wildman–Crippen MR) is 71.8 cm³/mol. The molecule has 4 nitrogen and oxygen atoms in total. The lowest BCUT2D eigenvalue weighted by molar-refractivity contribution is 0.0877. The van der Waals surface area contributed by atoms with E-state index in [-0.39, 0.29) is 24.5 Å². The third-order valence-electron chi connectivity index (χ3n) is 2.92. The molecule has 1 atom stereocenters. The fourth-order valence-corrected chi connectivity index (χ4v) is 1.80. The van der Waals surface area contributed by atoms with Crippen molar-refractivity contribution in [1.82, 2.24) is 5.32 Å². The van der Waals surface area contributed by atoms with Gasteiger partial charge in [-0.05, 0) is 31.9 Å². The lowest BCUT2D eigenvalue weighted by Crippen LogP contribution is -2.45. The summed E-state index contributed by atoms with van der Waals surface area (Å²) >= 11 is 0. The molecule has 0 unspecified atom stereocenters. The van der Waals surface area contributed by atoms with Crippen molar-refractivity contribution in [2.24, 2.45) is 0 Å². The van der Waals surface area contributed by atoms with E-state index in [0.29, 0.717) is 17.7 Å². The highest BCUT2D eigenvalue weighted by atomic mass is 19.1. The van der Waals surface area contributed by atoms with Crippen LogP contribution in [0.2, 0.25) is 0 Å². The highest BCUT2D eigenvalue weighted by Gasteiger charge is 2.21. The molecule has 3 N–H and O–H groups in total. The maximum Gasteiger partial charge on any atom is 0.130 e. The van der Waals surface area contributed by atoms with Gasteiger partial charge < -0.3 is 20.3 Å². The number of nitrogens with one attached hydrogen (secondary N) is 1. The second kappa shape index (κ2) is 6.84. The van der Waals surface area contributed by atoms with E-state index in [1.165, 1.54) is 13.2 Å². The van der Waals surface area contributed by atoms with Crippen LogP contribution in [-0.4, -0.2) is 42.1 Å². The Morgan fingerprint density at radius 3 is 2.63 bits per heavy atom. The van der Waals surface area contributed by atoms with Crippen LogP contribution in [-0.2, 0) is 6.42 Å². The van der Waals surface area contributed by atoms with Gasteiger partial charge in [0, 0.05) is 18.2 Å². The minimum Gasteiger partial charge on any atom is -0.497 e. The van der Waals surface area contributed by atoms with Crippen LogP contribution in [0.25, 0.3) is 0 Å². The van der Waals surface area contributed by atoms with Crippen molar-refractivity contribution in [3.05, 3.63) is 29.6 Å². The predicted octanol–water partition coefficient (Wildman–Crippen LogP) is 1.10. The maximum absolute atomic E-state index is 13.8. The van der Waals surface area contributed by atoms with Crippen molar-refractivity contribution in [1.29, 1.82) is 0 Å². The average molecular weight is 271 g/mol. The highest BCUT2D eigenvalue weighted by Crippen LogP contribution is 2.20. The fourth-order valence-electron chi connectivity index (χ4n) is 1.80. The number of halogens is 1. The van der Waals surface area contributed by atoms with Gasteiger partial charge in [-0.25, -0.2) is 4.39 Å². The minimum atomic E-state index is -0.806. The molecule has 0 radical (unpaired) electrons. The Kier molecular flexibility index (Phi) is 5.72. The summed E-state index contributed by atoms with van der Waals surface area (Å²) in [5, 5.41) is 21.2. The summed E-state index contributed by atoms with van der Waals surface area (Å²) in [4.78, 5) is 0. The summed E-state index contributed by atoms with van der Waals surface area (Å²) in [5.74, 6) is 0.180. The molecule has 19 heavy (non-hydrogen) atoms. The number of ether oxygens (including phenoxy) is 1. The van der Waals surface area contributed by atoms with Crippen molar-refractivity contribution >= 4 is 0 Å². The van der Waals surface area contributed by atoms with Gasteiger partial charge in [0.25, 0.3) is 0 Å². The number of rotatable bonds is 7. The number of β-amino-alcohol motifs (C(OH)–C–C–N with tert-alkyl or cyclic N) is 1. The molecule has 0 aliphatic rings. The fraction of sp³-hybridized carbons (Fsp3) is 0.571. The van der Waals surface area contributed by atoms with Crippen LogP contribution in [0.15, 0.2) is 18.2 Å². The molecule has 0 bridgehead atoms. The Labute approximate surface area is 113 Å². The quantitative estimate of drug-likeness (QED) is 0.695. The topological polar surface area (TPSA) is 61.7 Å². The van der Waals surface area contributed by atoms with E-state index in [4.69, 9.17) is 9.84 Å². The summed E-state index contributed by atoms with van der Waals surface area (Å²) in [5.41, 5.74) is 0.197. The van der Waals surface area contributed by atoms with E-state index in [2.05, 4.69) is 5.32 Å². The second-order valence-electron chi connectivity index (χ2n) is 5.24. The van der Waals surface area contributed by atoms with Gasteiger partial charge in [0.05, 0.1) is 19.8 Å². The molecule has 1 aromatic rings. The van der Waals surface area contributed by atoms with Gasteiger partial charge in [0.2, 0.25) is 0 Å².